The predicted molar refractivity (Wildman–Crippen MR) is 176 cm³/mol. The van der Waals surface area contributed by atoms with Crippen LogP contribution in [-0.4, -0.2) is 82.8 Å². The predicted octanol–water partition coefficient (Wildman–Crippen LogP) is 3.00. The number of carbonyl (C=O) groups excluding carboxylic acids is 6. The number of hydrogen-bond acceptors (Lipinski definition) is 14. The summed E-state index contributed by atoms with van der Waals surface area (Å²) in [5, 5.41) is 22.9. The number of amides is 1. The van der Waals surface area contributed by atoms with Gasteiger partial charge in [0.2, 0.25) is 5.91 Å². The SMILES string of the molecule is CCC(=O)OSC1CC2C3CCC4=CC(=O)C=CC4(C)C3C(O)CC2(C)C1C(=O)COC(=O)CC(NC(C)=O)C(=O)OCCCCO[N+](=O)[O-]. The van der Waals surface area contributed by atoms with Gasteiger partial charge in [0.25, 0.3) is 5.09 Å². The fourth-order valence-electron chi connectivity index (χ4n) is 8.68. The lowest BCUT2D eigenvalue weighted by molar-refractivity contribution is -0.757. The largest absolute Gasteiger partial charge is 0.464 e. The van der Waals surface area contributed by atoms with Crippen LogP contribution in [0.2, 0.25) is 0 Å². The summed E-state index contributed by atoms with van der Waals surface area (Å²) in [6.45, 7) is 5.88. The topological polar surface area (TPSA) is 215 Å². The molecule has 9 atom stereocenters. The molecule has 1 amide bonds. The van der Waals surface area contributed by atoms with Crippen LogP contribution in [-0.2, 0) is 47.3 Å². The molecule has 0 bridgehead atoms. The van der Waals surface area contributed by atoms with Crippen LogP contribution in [0.5, 0.6) is 0 Å². The number of Topliss-reactive ketones (excluding diaryl/α,β-unsaturated/α-hetero) is 1. The van der Waals surface area contributed by atoms with Crippen molar-refractivity contribution < 1.29 is 57.5 Å². The summed E-state index contributed by atoms with van der Waals surface area (Å²) in [5.41, 5.74) is -0.235. The molecule has 0 heterocycles. The first-order valence-corrected chi connectivity index (χ1v) is 17.8. The summed E-state index contributed by atoms with van der Waals surface area (Å²) >= 11 is 0.938. The van der Waals surface area contributed by atoms with E-state index in [1.165, 1.54) is 0 Å². The quantitative estimate of drug-likeness (QED) is 0.0771. The Kier molecular flexibility index (Phi) is 12.9. The molecule has 15 nitrogen and oxygen atoms in total. The third-order valence-electron chi connectivity index (χ3n) is 10.8. The molecule has 4 rings (SSSR count). The molecule has 4 aliphatic carbocycles. The summed E-state index contributed by atoms with van der Waals surface area (Å²) in [5.74, 6) is -4.33. The van der Waals surface area contributed by atoms with E-state index >= 15 is 0 Å². The Balaban J connectivity index is 1.45. The molecule has 0 spiro atoms. The second-order valence-corrected chi connectivity index (χ2v) is 14.9. The first-order valence-electron chi connectivity index (χ1n) is 17.0. The highest BCUT2D eigenvalue weighted by Crippen LogP contribution is 2.67. The van der Waals surface area contributed by atoms with Crippen LogP contribution in [0.1, 0.15) is 79.1 Å². The van der Waals surface area contributed by atoms with Crippen molar-refractivity contribution in [2.24, 2.45) is 34.5 Å². The molecule has 16 heteroatoms. The Morgan fingerprint density at radius 2 is 1.86 bits per heavy atom. The molecule has 0 radical (unpaired) electrons. The molecule has 0 aliphatic heterocycles. The smallest absolute Gasteiger partial charge is 0.329 e. The Morgan fingerprint density at radius 1 is 1.14 bits per heavy atom. The molecule has 3 saturated carbocycles. The fraction of sp³-hybridized carbons (Fsp3) is 0.706. The van der Waals surface area contributed by atoms with Gasteiger partial charge in [0.05, 0.1) is 43.0 Å². The average molecular weight is 723 g/mol. The Labute approximate surface area is 294 Å². The molecular weight excluding hydrogens is 676 g/mol. The lowest BCUT2D eigenvalue weighted by atomic mass is 9.46. The average Bonchev–Trinajstić information content (AvgIpc) is 3.34. The Bertz CT molecular complexity index is 1430. The van der Waals surface area contributed by atoms with Gasteiger partial charge in [-0.15, -0.1) is 10.1 Å². The lowest BCUT2D eigenvalue weighted by Gasteiger charge is -2.58. The molecule has 0 aromatic rings. The zero-order valence-electron chi connectivity index (χ0n) is 28.8. The lowest BCUT2D eigenvalue weighted by Crippen LogP contribution is -2.56. The highest BCUT2D eigenvalue weighted by atomic mass is 32.2. The van der Waals surface area contributed by atoms with Crippen molar-refractivity contribution in [1.82, 2.24) is 5.32 Å². The fourth-order valence-corrected chi connectivity index (χ4v) is 9.89. The van der Waals surface area contributed by atoms with E-state index in [1.807, 2.05) is 13.0 Å². The number of nitrogens with one attached hydrogen (secondary N) is 1. The molecule has 0 aromatic carbocycles. The second kappa shape index (κ2) is 16.5. The molecule has 3 fully saturated rings. The molecule has 0 saturated heterocycles. The van der Waals surface area contributed by atoms with E-state index in [-0.39, 0.29) is 62.4 Å². The maximum atomic E-state index is 14.0. The van der Waals surface area contributed by atoms with Crippen LogP contribution >= 0.6 is 12.0 Å². The van der Waals surface area contributed by atoms with E-state index in [4.69, 9.17) is 13.7 Å². The Morgan fingerprint density at radius 3 is 2.54 bits per heavy atom. The van der Waals surface area contributed by atoms with Crippen molar-refractivity contribution >= 4 is 47.4 Å². The second-order valence-electron chi connectivity index (χ2n) is 14.0. The van der Waals surface area contributed by atoms with Crippen LogP contribution in [0, 0.1) is 44.6 Å². The van der Waals surface area contributed by atoms with Crippen LogP contribution < -0.4 is 5.32 Å². The van der Waals surface area contributed by atoms with Gasteiger partial charge in [0.1, 0.15) is 12.6 Å². The molecule has 9 unspecified atom stereocenters. The number of aliphatic hydroxyl groups excluding tert-OH is 1. The minimum atomic E-state index is -1.39. The van der Waals surface area contributed by atoms with Crippen LogP contribution in [0.4, 0.5) is 0 Å². The van der Waals surface area contributed by atoms with Crippen molar-refractivity contribution in [2.45, 2.75) is 96.5 Å². The van der Waals surface area contributed by atoms with Gasteiger partial charge in [0, 0.05) is 30.6 Å². The zero-order chi connectivity index (χ0) is 36.8. The number of carbonyl (C=O) groups is 6. The van der Waals surface area contributed by atoms with E-state index in [0.717, 1.165) is 31.0 Å². The van der Waals surface area contributed by atoms with E-state index in [2.05, 4.69) is 17.1 Å². The molecule has 0 aromatic heterocycles. The third-order valence-corrected chi connectivity index (χ3v) is 11.8. The van der Waals surface area contributed by atoms with Gasteiger partial charge < -0.3 is 28.9 Å². The van der Waals surface area contributed by atoms with Crippen molar-refractivity contribution in [3.8, 4) is 0 Å². The zero-order valence-corrected chi connectivity index (χ0v) is 29.6. The van der Waals surface area contributed by atoms with E-state index < -0.39 is 81.9 Å². The number of unbranched alkanes of at least 4 members (excludes halogenated alkanes) is 1. The van der Waals surface area contributed by atoms with Gasteiger partial charge in [-0.3, -0.25) is 24.0 Å². The third kappa shape index (κ3) is 8.74. The van der Waals surface area contributed by atoms with Crippen LogP contribution in [0.3, 0.4) is 0 Å². The van der Waals surface area contributed by atoms with Gasteiger partial charge in [-0.05, 0) is 67.9 Å². The van der Waals surface area contributed by atoms with Crippen molar-refractivity contribution in [1.29, 1.82) is 0 Å². The minimum absolute atomic E-state index is 0.0131. The maximum absolute atomic E-state index is 14.0. The number of esters is 2. The minimum Gasteiger partial charge on any atom is -0.464 e. The highest BCUT2D eigenvalue weighted by Gasteiger charge is 2.65. The summed E-state index contributed by atoms with van der Waals surface area (Å²) in [6.07, 6.45) is 6.55. The van der Waals surface area contributed by atoms with Gasteiger partial charge in [-0.1, -0.05) is 32.4 Å². The number of ether oxygens (including phenoxy) is 2. The Hall–Kier alpha value is -3.79. The van der Waals surface area contributed by atoms with Gasteiger partial charge in [-0.25, -0.2) is 4.79 Å². The van der Waals surface area contributed by atoms with Crippen molar-refractivity contribution in [2.75, 3.05) is 19.8 Å². The van der Waals surface area contributed by atoms with Gasteiger partial charge in [-0.2, -0.15) is 0 Å². The van der Waals surface area contributed by atoms with Gasteiger partial charge >= 0.3 is 17.9 Å². The normalized spacial score (nSPS) is 31.5. The molecular formula is C34H46N2O13S. The first-order chi connectivity index (χ1) is 23.6. The monoisotopic (exact) mass is 722 g/mol. The van der Waals surface area contributed by atoms with Crippen molar-refractivity contribution in [3.05, 3.63) is 33.9 Å². The number of hydrogen-bond donors (Lipinski definition) is 2. The molecule has 2 N–H and O–H groups in total. The number of fused-ring (bicyclic) bond motifs is 5. The molecule has 276 valence electrons. The highest BCUT2D eigenvalue weighted by molar-refractivity contribution is 7.95. The summed E-state index contributed by atoms with van der Waals surface area (Å²) in [7, 11) is 0. The van der Waals surface area contributed by atoms with E-state index in [0.29, 0.717) is 12.8 Å². The number of nitrogens with zero attached hydrogens (tertiary/aromatic N) is 1. The maximum Gasteiger partial charge on any atom is 0.329 e. The molecule has 4 aliphatic rings. The summed E-state index contributed by atoms with van der Waals surface area (Å²) in [4.78, 5) is 90.1. The van der Waals surface area contributed by atoms with E-state index in [1.54, 1.807) is 19.1 Å². The number of rotatable bonds is 16. The van der Waals surface area contributed by atoms with Crippen LogP contribution in [0.25, 0.3) is 0 Å². The summed E-state index contributed by atoms with van der Waals surface area (Å²) in [6, 6.07) is -1.39. The van der Waals surface area contributed by atoms with E-state index in [9.17, 15) is 44.0 Å². The number of aliphatic hydroxyl groups is 1. The first kappa shape index (κ1) is 39.0. The summed E-state index contributed by atoms with van der Waals surface area (Å²) < 4.78 is 15.9. The van der Waals surface area contributed by atoms with Crippen LogP contribution in [0.15, 0.2) is 23.8 Å². The number of ketones is 2. The standard InChI is InChI=1S/C34H46N2O13S/c1-5-28(41)49-50-27-15-23-22-9-8-20-14-21(38)10-11-33(20,3)30(22)25(39)17-34(23,4)31(27)26(40)18-47-29(42)16-24(35-19(2)37)32(43)46-12-6-7-13-48-36(44)45/h10-11,14,22-25,27,30-31,39H,5-9,12-13,15-18H2,1-4H3,(H,35,37). The van der Waals surface area contributed by atoms with Crippen molar-refractivity contribution in [3.63, 3.8) is 0 Å². The number of allylic oxidation sites excluding steroid dienone is 4. The molecule has 50 heavy (non-hydrogen) atoms. The van der Waals surface area contributed by atoms with Gasteiger partial charge in [0.15, 0.2) is 11.6 Å².